The second-order valence-electron chi connectivity index (χ2n) is 4.62. The zero-order valence-corrected chi connectivity index (χ0v) is 11.5. The molecule has 0 aromatic heterocycles. The van der Waals surface area contributed by atoms with Crippen LogP contribution in [0, 0.1) is 34.6 Å². The van der Waals surface area contributed by atoms with E-state index in [0.29, 0.717) is 0 Å². The molecule has 2 N–H and O–H groups in total. The maximum atomic E-state index is 11.5. The van der Waals surface area contributed by atoms with Gasteiger partial charge in [-0.05, 0) is 62.4 Å². The van der Waals surface area contributed by atoms with Crippen LogP contribution < -0.4 is 5.32 Å². The minimum atomic E-state index is -1.12. The minimum absolute atomic E-state index is 0.489. The Morgan fingerprint density at radius 2 is 1.28 bits per heavy atom. The second-order valence-corrected chi connectivity index (χ2v) is 4.62. The average Bonchev–Trinajstić information content (AvgIpc) is 2.29. The van der Waals surface area contributed by atoms with Gasteiger partial charge in [0.25, 0.3) is 0 Å². The number of amides is 1. The van der Waals surface area contributed by atoms with Gasteiger partial charge < -0.3 is 10.4 Å². The van der Waals surface area contributed by atoms with Gasteiger partial charge in [-0.2, -0.15) is 0 Å². The molecule has 0 radical (unpaired) electrons. The van der Waals surface area contributed by atoms with Crippen molar-refractivity contribution in [1.29, 1.82) is 0 Å². The Hall–Kier alpha value is -1.84. The number of carbonyl (C=O) groups is 2. The molecule has 0 aliphatic carbocycles. The molecular weight excluding hydrogens is 230 g/mol. The van der Waals surface area contributed by atoms with Gasteiger partial charge >= 0.3 is 5.97 Å². The maximum Gasteiger partial charge on any atom is 0.312 e. The normalized spacial score (nSPS) is 10.3. The van der Waals surface area contributed by atoms with Gasteiger partial charge in [0.2, 0.25) is 5.91 Å². The van der Waals surface area contributed by atoms with Gasteiger partial charge in [-0.15, -0.1) is 0 Å². The third kappa shape index (κ3) is 2.70. The Balaban J connectivity index is 3.18. The predicted octanol–water partition coefficient (Wildman–Crippen LogP) is 2.64. The van der Waals surface area contributed by atoms with Crippen LogP contribution in [0.3, 0.4) is 0 Å². The van der Waals surface area contributed by atoms with E-state index in [1.807, 2.05) is 34.6 Å². The number of aliphatic carboxylic acids is 1. The summed E-state index contributed by atoms with van der Waals surface area (Å²) in [7, 11) is 0. The van der Waals surface area contributed by atoms with Crippen LogP contribution in [-0.4, -0.2) is 17.0 Å². The third-order valence-electron chi connectivity index (χ3n) is 3.58. The van der Waals surface area contributed by atoms with Crippen LogP contribution in [0.15, 0.2) is 0 Å². The van der Waals surface area contributed by atoms with Gasteiger partial charge in [0, 0.05) is 5.69 Å². The molecule has 1 aromatic carbocycles. The number of benzene rings is 1. The van der Waals surface area contributed by atoms with Crippen molar-refractivity contribution in [3.63, 3.8) is 0 Å². The lowest BCUT2D eigenvalue weighted by Gasteiger charge is -2.18. The number of hydrogen-bond donors (Lipinski definition) is 2. The fourth-order valence-electron chi connectivity index (χ4n) is 2.01. The fraction of sp³-hybridized carbons (Fsp3) is 0.429. The van der Waals surface area contributed by atoms with E-state index in [2.05, 4.69) is 5.32 Å². The lowest BCUT2D eigenvalue weighted by atomic mass is 9.93. The van der Waals surface area contributed by atoms with Crippen molar-refractivity contribution in [2.45, 2.75) is 41.0 Å². The van der Waals surface area contributed by atoms with Gasteiger partial charge in [0.05, 0.1) is 0 Å². The number of carboxylic acid groups (broad SMARTS) is 1. The first-order valence-corrected chi connectivity index (χ1v) is 5.84. The number of carbonyl (C=O) groups excluding carboxylic acids is 1. The zero-order valence-electron chi connectivity index (χ0n) is 11.5. The minimum Gasteiger partial charge on any atom is -0.481 e. The summed E-state index contributed by atoms with van der Waals surface area (Å²) in [5.41, 5.74) is 6.19. The first-order valence-electron chi connectivity index (χ1n) is 5.84. The van der Waals surface area contributed by atoms with Gasteiger partial charge in [0.1, 0.15) is 6.42 Å². The van der Waals surface area contributed by atoms with Crippen molar-refractivity contribution in [3.8, 4) is 0 Å². The first kappa shape index (κ1) is 14.2. The Morgan fingerprint density at radius 3 is 1.67 bits per heavy atom. The molecular formula is C14H19NO3. The van der Waals surface area contributed by atoms with Crippen LogP contribution in [0.1, 0.15) is 34.2 Å². The number of rotatable bonds is 3. The van der Waals surface area contributed by atoms with E-state index in [1.54, 1.807) is 0 Å². The van der Waals surface area contributed by atoms with Crippen molar-refractivity contribution < 1.29 is 14.7 Å². The highest BCUT2D eigenvalue weighted by Gasteiger charge is 2.15. The molecule has 0 atom stereocenters. The van der Waals surface area contributed by atoms with Crippen LogP contribution >= 0.6 is 0 Å². The van der Waals surface area contributed by atoms with E-state index in [-0.39, 0.29) is 0 Å². The largest absolute Gasteiger partial charge is 0.481 e. The summed E-state index contributed by atoms with van der Waals surface area (Å²) in [5, 5.41) is 11.3. The predicted molar refractivity (Wildman–Crippen MR) is 71.0 cm³/mol. The van der Waals surface area contributed by atoms with Crippen LogP contribution in [-0.2, 0) is 9.59 Å². The Bertz CT molecular complexity index is 489. The van der Waals surface area contributed by atoms with Crippen molar-refractivity contribution in [3.05, 3.63) is 27.8 Å². The van der Waals surface area contributed by atoms with Crippen LogP contribution in [0.4, 0.5) is 5.69 Å². The summed E-state index contributed by atoms with van der Waals surface area (Å²) in [4.78, 5) is 22.0. The van der Waals surface area contributed by atoms with Crippen molar-refractivity contribution in [1.82, 2.24) is 0 Å². The molecule has 4 heteroatoms. The molecule has 0 unspecified atom stereocenters. The van der Waals surface area contributed by atoms with E-state index in [0.717, 1.165) is 27.9 Å². The number of nitrogens with one attached hydrogen (secondary N) is 1. The smallest absolute Gasteiger partial charge is 0.312 e. The monoisotopic (exact) mass is 249 g/mol. The van der Waals surface area contributed by atoms with Crippen molar-refractivity contribution >= 4 is 17.6 Å². The SMILES string of the molecule is Cc1c(C)c(C)c(NC(=O)CC(=O)O)c(C)c1C. The molecule has 98 valence electrons. The maximum absolute atomic E-state index is 11.5. The first-order chi connectivity index (χ1) is 8.25. The molecule has 0 spiro atoms. The molecule has 0 bridgehead atoms. The molecule has 1 aromatic rings. The fourth-order valence-corrected chi connectivity index (χ4v) is 2.01. The quantitative estimate of drug-likeness (QED) is 0.809. The Labute approximate surface area is 107 Å². The van der Waals surface area contributed by atoms with E-state index in [1.165, 1.54) is 5.56 Å². The zero-order chi connectivity index (χ0) is 14.0. The lowest BCUT2D eigenvalue weighted by molar-refractivity contribution is -0.139. The Kier molecular flexibility index (Phi) is 4.11. The standard InChI is InChI=1S/C14H19NO3/c1-7-8(2)10(4)14(11(5)9(7)3)15-12(16)6-13(17)18/h6H2,1-5H3,(H,15,16)(H,17,18). The van der Waals surface area contributed by atoms with Crippen molar-refractivity contribution in [2.24, 2.45) is 0 Å². The van der Waals surface area contributed by atoms with Gasteiger partial charge in [-0.3, -0.25) is 9.59 Å². The highest BCUT2D eigenvalue weighted by Crippen LogP contribution is 2.30. The average molecular weight is 249 g/mol. The number of carboxylic acids is 1. The van der Waals surface area contributed by atoms with Gasteiger partial charge in [-0.25, -0.2) is 0 Å². The molecule has 0 fully saturated rings. The van der Waals surface area contributed by atoms with E-state index in [9.17, 15) is 9.59 Å². The van der Waals surface area contributed by atoms with Crippen LogP contribution in [0.5, 0.6) is 0 Å². The summed E-state index contributed by atoms with van der Waals surface area (Å²) in [6.07, 6.45) is -0.509. The van der Waals surface area contributed by atoms with E-state index >= 15 is 0 Å². The molecule has 0 aliphatic heterocycles. The highest BCUT2D eigenvalue weighted by atomic mass is 16.4. The summed E-state index contributed by atoms with van der Waals surface area (Å²) < 4.78 is 0. The van der Waals surface area contributed by atoms with Gasteiger partial charge in [-0.1, -0.05) is 0 Å². The number of hydrogen-bond acceptors (Lipinski definition) is 2. The molecule has 1 amide bonds. The summed E-state index contributed by atoms with van der Waals surface area (Å²) >= 11 is 0. The van der Waals surface area contributed by atoms with Crippen molar-refractivity contribution in [2.75, 3.05) is 5.32 Å². The van der Waals surface area contributed by atoms with Crippen LogP contribution in [0.25, 0.3) is 0 Å². The molecule has 0 aliphatic rings. The topological polar surface area (TPSA) is 66.4 Å². The highest BCUT2D eigenvalue weighted by molar-refractivity contribution is 6.02. The molecule has 0 saturated heterocycles. The summed E-state index contributed by atoms with van der Waals surface area (Å²) in [5.74, 6) is -1.61. The summed E-state index contributed by atoms with van der Waals surface area (Å²) in [6.45, 7) is 9.93. The van der Waals surface area contributed by atoms with E-state index < -0.39 is 18.3 Å². The van der Waals surface area contributed by atoms with Crippen LogP contribution in [0.2, 0.25) is 0 Å². The molecule has 4 nitrogen and oxygen atoms in total. The van der Waals surface area contributed by atoms with Gasteiger partial charge in [0.15, 0.2) is 0 Å². The molecule has 0 heterocycles. The molecule has 1 rings (SSSR count). The molecule has 18 heavy (non-hydrogen) atoms. The lowest BCUT2D eigenvalue weighted by Crippen LogP contribution is -2.18. The van der Waals surface area contributed by atoms with E-state index in [4.69, 9.17) is 5.11 Å². The third-order valence-corrected chi connectivity index (χ3v) is 3.58. The second kappa shape index (κ2) is 5.21. The molecule has 0 saturated carbocycles. The summed E-state index contributed by atoms with van der Waals surface area (Å²) in [6, 6.07) is 0. The number of anilines is 1. The Morgan fingerprint density at radius 1 is 0.889 bits per heavy atom.